The van der Waals surface area contributed by atoms with Gasteiger partial charge >= 0.3 is 5.97 Å². The van der Waals surface area contributed by atoms with Gasteiger partial charge in [-0.15, -0.1) is 0 Å². The molecule has 0 radical (unpaired) electrons. The Hall–Kier alpha value is -1.59. The van der Waals surface area contributed by atoms with Crippen molar-refractivity contribution in [2.75, 3.05) is 13.1 Å². The third-order valence-electron chi connectivity index (χ3n) is 2.22. The van der Waals surface area contributed by atoms with E-state index < -0.39 is 18.4 Å². The molecule has 0 aromatic heterocycles. The van der Waals surface area contributed by atoms with Gasteiger partial charge in [0.1, 0.15) is 6.54 Å². The number of carbonyl (C=O) groups is 3. The molecular formula is C10H18N2O4. The SMILES string of the molecule is CCC(CC)C(=O)NCC(=O)NCC(=O)O. The summed E-state index contributed by atoms with van der Waals surface area (Å²) < 4.78 is 0. The molecule has 2 amide bonds. The molecule has 0 rings (SSSR count). The van der Waals surface area contributed by atoms with Crippen molar-refractivity contribution in [2.45, 2.75) is 26.7 Å². The van der Waals surface area contributed by atoms with Crippen LogP contribution in [0.4, 0.5) is 0 Å². The summed E-state index contributed by atoms with van der Waals surface area (Å²) in [4.78, 5) is 32.6. The molecule has 0 aromatic rings. The number of hydrogen-bond acceptors (Lipinski definition) is 3. The number of hydrogen-bond donors (Lipinski definition) is 3. The van der Waals surface area contributed by atoms with Crippen molar-refractivity contribution < 1.29 is 19.5 Å². The standard InChI is InChI=1S/C10H18N2O4/c1-3-7(4-2)10(16)12-5-8(13)11-6-9(14)15/h7H,3-6H2,1-2H3,(H,11,13)(H,12,16)(H,14,15). The van der Waals surface area contributed by atoms with E-state index in [9.17, 15) is 14.4 Å². The van der Waals surface area contributed by atoms with Crippen molar-refractivity contribution in [1.82, 2.24) is 10.6 Å². The van der Waals surface area contributed by atoms with Gasteiger partial charge in [-0.2, -0.15) is 0 Å². The van der Waals surface area contributed by atoms with Gasteiger partial charge in [-0.3, -0.25) is 14.4 Å². The fourth-order valence-electron chi connectivity index (χ4n) is 1.21. The Morgan fingerprint density at radius 3 is 2.06 bits per heavy atom. The van der Waals surface area contributed by atoms with E-state index in [0.717, 1.165) is 12.8 Å². The number of nitrogens with one attached hydrogen (secondary N) is 2. The van der Waals surface area contributed by atoms with Crippen LogP contribution >= 0.6 is 0 Å². The molecule has 0 aliphatic heterocycles. The van der Waals surface area contributed by atoms with Crippen molar-refractivity contribution in [3.63, 3.8) is 0 Å². The Morgan fingerprint density at radius 2 is 1.62 bits per heavy atom. The first-order chi connectivity index (χ1) is 7.51. The molecule has 0 unspecified atom stereocenters. The van der Waals surface area contributed by atoms with E-state index in [1.165, 1.54) is 0 Å². The lowest BCUT2D eigenvalue weighted by molar-refractivity contribution is -0.137. The molecule has 0 aliphatic carbocycles. The fourth-order valence-corrected chi connectivity index (χ4v) is 1.21. The molecule has 0 bridgehead atoms. The summed E-state index contributed by atoms with van der Waals surface area (Å²) in [7, 11) is 0. The van der Waals surface area contributed by atoms with Crippen LogP contribution in [0.15, 0.2) is 0 Å². The number of aliphatic carboxylic acids is 1. The van der Waals surface area contributed by atoms with E-state index in [1.807, 2.05) is 13.8 Å². The van der Waals surface area contributed by atoms with E-state index in [0.29, 0.717) is 0 Å². The lowest BCUT2D eigenvalue weighted by atomic mass is 10.0. The second-order valence-corrected chi connectivity index (χ2v) is 3.40. The highest BCUT2D eigenvalue weighted by Gasteiger charge is 2.14. The van der Waals surface area contributed by atoms with Gasteiger partial charge in [-0.1, -0.05) is 13.8 Å². The van der Waals surface area contributed by atoms with Crippen LogP contribution in [0.5, 0.6) is 0 Å². The molecule has 0 atom stereocenters. The highest BCUT2D eigenvalue weighted by molar-refractivity contribution is 5.87. The first-order valence-corrected chi connectivity index (χ1v) is 5.27. The van der Waals surface area contributed by atoms with Crippen molar-refractivity contribution in [3.05, 3.63) is 0 Å². The highest BCUT2D eigenvalue weighted by Crippen LogP contribution is 2.06. The second kappa shape index (κ2) is 7.67. The van der Waals surface area contributed by atoms with Crippen LogP contribution in [0, 0.1) is 5.92 Å². The third kappa shape index (κ3) is 6.00. The van der Waals surface area contributed by atoms with Gasteiger partial charge in [0.2, 0.25) is 11.8 Å². The Morgan fingerprint density at radius 1 is 1.06 bits per heavy atom. The summed E-state index contributed by atoms with van der Waals surface area (Å²) in [6.45, 7) is 3.19. The number of carboxylic acids is 1. The lowest BCUT2D eigenvalue weighted by Gasteiger charge is -2.12. The second-order valence-electron chi connectivity index (χ2n) is 3.40. The average Bonchev–Trinajstić information content (AvgIpc) is 2.25. The molecule has 6 nitrogen and oxygen atoms in total. The van der Waals surface area contributed by atoms with Gasteiger partial charge in [0.05, 0.1) is 6.54 Å². The minimum absolute atomic E-state index is 0.0905. The molecule has 3 N–H and O–H groups in total. The third-order valence-corrected chi connectivity index (χ3v) is 2.22. The van der Waals surface area contributed by atoms with Gasteiger partial charge in [0.15, 0.2) is 0 Å². The van der Waals surface area contributed by atoms with Crippen LogP contribution in [-0.2, 0) is 14.4 Å². The molecule has 92 valence electrons. The largest absolute Gasteiger partial charge is 0.480 e. The first kappa shape index (κ1) is 14.4. The van der Waals surface area contributed by atoms with Crippen LogP contribution in [0.2, 0.25) is 0 Å². The molecule has 0 spiro atoms. The zero-order valence-electron chi connectivity index (χ0n) is 9.58. The van der Waals surface area contributed by atoms with Gasteiger partial charge in [-0.05, 0) is 12.8 Å². The molecular weight excluding hydrogens is 212 g/mol. The smallest absolute Gasteiger partial charge is 0.322 e. The monoisotopic (exact) mass is 230 g/mol. The van der Waals surface area contributed by atoms with Crippen molar-refractivity contribution in [2.24, 2.45) is 5.92 Å². The summed E-state index contributed by atoms with van der Waals surface area (Å²) >= 11 is 0. The topological polar surface area (TPSA) is 95.5 Å². The van der Waals surface area contributed by atoms with E-state index in [2.05, 4.69) is 10.6 Å². The van der Waals surface area contributed by atoms with E-state index >= 15 is 0 Å². The molecule has 0 heterocycles. The summed E-state index contributed by atoms with van der Waals surface area (Å²) in [6, 6.07) is 0. The first-order valence-electron chi connectivity index (χ1n) is 5.27. The average molecular weight is 230 g/mol. The predicted octanol–water partition coefficient (Wildman–Crippen LogP) is -0.260. The lowest BCUT2D eigenvalue weighted by Crippen LogP contribution is -2.40. The molecule has 0 saturated carbocycles. The van der Waals surface area contributed by atoms with E-state index in [-0.39, 0.29) is 18.4 Å². The normalized spacial score (nSPS) is 9.94. The molecule has 0 aliphatic rings. The maximum atomic E-state index is 11.4. The van der Waals surface area contributed by atoms with Gasteiger partial charge in [0, 0.05) is 5.92 Å². The molecule has 0 saturated heterocycles. The van der Waals surface area contributed by atoms with Crippen LogP contribution in [0.1, 0.15) is 26.7 Å². The zero-order valence-corrected chi connectivity index (χ0v) is 9.58. The van der Waals surface area contributed by atoms with Gasteiger partial charge in [0.25, 0.3) is 0 Å². The summed E-state index contributed by atoms with van der Waals surface area (Å²) in [5.74, 6) is -1.87. The minimum atomic E-state index is -1.11. The van der Waals surface area contributed by atoms with Crippen LogP contribution in [0.3, 0.4) is 0 Å². The van der Waals surface area contributed by atoms with E-state index in [4.69, 9.17) is 5.11 Å². The van der Waals surface area contributed by atoms with Crippen LogP contribution in [-0.4, -0.2) is 36.0 Å². The molecule has 0 aromatic carbocycles. The maximum Gasteiger partial charge on any atom is 0.322 e. The summed E-state index contributed by atoms with van der Waals surface area (Å²) in [5, 5.41) is 12.9. The Labute approximate surface area is 94.4 Å². The van der Waals surface area contributed by atoms with Crippen LogP contribution in [0.25, 0.3) is 0 Å². The molecule has 16 heavy (non-hydrogen) atoms. The van der Waals surface area contributed by atoms with Gasteiger partial charge in [-0.25, -0.2) is 0 Å². The number of amides is 2. The maximum absolute atomic E-state index is 11.4. The Kier molecular flexibility index (Phi) is 6.91. The number of carbonyl (C=O) groups excluding carboxylic acids is 2. The van der Waals surface area contributed by atoms with Gasteiger partial charge < -0.3 is 15.7 Å². The number of rotatable bonds is 7. The highest BCUT2D eigenvalue weighted by atomic mass is 16.4. The predicted molar refractivity (Wildman–Crippen MR) is 57.7 cm³/mol. The molecule has 0 fully saturated rings. The quantitative estimate of drug-likeness (QED) is 0.561. The number of carboxylic acid groups (broad SMARTS) is 1. The summed E-state index contributed by atoms with van der Waals surface area (Å²) in [6.07, 6.45) is 1.44. The fraction of sp³-hybridized carbons (Fsp3) is 0.700. The zero-order chi connectivity index (χ0) is 12.6. The minimum Gasteiger partial charge on any atom is -0.480 e. The van der Waals surface area contributed by atoms with Crippen LogP contribution < -0.4 is 10.6 Å². The molecule has 6 heteroatoms. The van der Waals surface area contributed by atoms with Crippen molar-refractivity contribution in [1.29, 1.82) is 0 Å². The van der Waals surface area contributed by atoms with E-state index in [1.54, 1.807) is 0 Å². The van der Waals surface area contributed by atoms with Crippen molar-refractivity contribution >= 4 is 17.8 Å². The Balaban J connectivity index is 3.82. The summed E-state index contributed by atoms with van der Waals surface area (Å²) in [5.41, 5.74) is 0. The van der Waals surface area contributed by atoms with Crippen molar-refractivity contribution in [3.8, 4) is 0 Å². The Bertz CT molecular complexity index is 262.